The fourth-order valence-corrected chi connectivity index (χ4v) is 3.48. The molecular formula is C15H19N3OS2. The highest BCUT2D eigenvalue weighted by Crippen LogP contribution is 2.30. The second-order valence-corrected chi connectivity index (χ2v) is 7.12. The summed E-state index contributed by atoms with van der Waals surface area (Å²) in [6.45, 7) is 3.89. The van der Waals surface area contributed by atoms with Crippen LogP contribution in [0, 0.1) is 6.92 Å². The molecule has 1 aromatic heterocycles. The van der Waals surface area contributed by atoms with E-state index in [0.29, 0.717) is 12.8 Å². The van der Waals surface area contributed by atoms with E-state index in [2.05, 4.69) is 10.3 Å². The van der Waals surface area contributed by atoms with E-state index in [1.807, 2.05) is 43.5 Å². The fraction of sp³-hybridized carbons (Fsp3) is 0.333. The summed E-state index contributed by atoms with van der Waals surface area (Å²) in [5, 5.41) is 4.91. The minimum Gasteiger partial charge on any atom is -0.328 e. The predicted octanol–water partition coefficient (Wildman–Crippen LogP) is 3.67. The van der Waals surface area contributed by atoms with Crippen LogP contribution in [0.4, 0.5) is 5.69 Å². The highest BCUT2D eigenvalue weighted by atomic mass is 32.2. The molecular weight excluding hydrogens is 302 g/mol. The molecule has 1 heterocycles. The van der Waals surface area contributed by atoms with Gasteiger partial charge < -0.3 is 11.1 Å². The van der Waals surface area contributed by atoms with E-state index in [4.69, 9.17) is 5.73 Å². The minimum atomic E-state index is 0.00301. The Morgan fingerprint density at radius 2 is 2.14 bits per heavy atom. The van der Waals surface area contributed by atoms with Crippen molar-refractivity contribution in [3.05, 3.63) is 35.3 Å². The Morgan fingerprint density at radius 3 is 2.71 bits per heavy atom. The first-order valence-electron chi connectivity index (χ1n) is 6.78. The van der Waals surface area contributed by atoms with Crippen LogP contribution in [0.1, 0.15) is 25.5 Å². The molecule has 3 N–H and O–H groups in total. The number of hydrogen-bond donors (Lipinski definition) is 2. The third kappa shape index (κ3) is 5.49. The van der Waals surface area contributed by atoms with Crippen LogP contribution in [-0.2, 0) is 4.79 Å². The molecule has 4 nitrogen and oxygen atoms in total. The van der Waals surface area contributed by atoms with Gasteiger partial charge in [0.25, 0.3) is 0 Å². The number of nitrogens with two attached hydrogens (primary N) is 1. The molecule has 0 aliphatic rings. The van der Waals surface area contributed by atoms with Crippen LogP contribution in [0.15, 0.2) is 38.9 Å². The van der Waals surface area contributed by atoms with Gasteiger partial charge in [0.2, 0.25) is 5.91 Å². The molecule has 0 spiro atoms. The van der Waals surface area contributed by atoms with E-state index in [-0.39, 0.29) is 11.9 Å². The average molecular weight is 321 g/mol. The fourth-order valence-electron chi connectivity index (χ4n) is 1.67. The number of aromatic nitrogens is 1. The van der Waals surface area contributed by atoms with Gasteiger partial charge in [-0.1, -0.05) is 11.8 Å². The van der Waals surface area contributed by atoms with Gasteiger partial charge in [-0.15, -0.1) is 11.3 Å². The summed E-state index contributed by atoms with van der Waals surface area (Å²) in [4.78, 5) is 17.2. The maximum Gasteiger partial charge on any atom is 0.224 e. The zero-order valence-electron chi connectivity index (χ0n) is 12.1. The van der Waals surface area contributed by atoms with Gasteiger partial charge in [0.15, 0.2) is 4.34 Å². The molecule has 1 unspecified atom stereocenters. The Labute approximate surface area is 133 Å². The van der Waals surface area contributed by atoms with E-state index in [9.17, 15) is 4.79 Å². The van der Waals surface area contributed by atoms with Crippen LogP contribution in [0.2, 0.25) is 0 Å². The van der Waals surface area contributed by atoms with Crippen molar-refractivity contribution in [1.29, 1.82) is 0 Å². The molecule has 0 fully saturated rings. The molecule has 1 atom stereocenters. The summed E-state index contributed by atoms with van der Waals surface area (Å²) in [5.74, 6) is 0.00301. The van der Waals surface area contributed by atoms with Crippen molar-refractivity contribution in [2.45, 2.75) is 42.0 Å². The molecule has 1 amide bonds. The number of nitrogens with one attached hydrogen (secondary N) is 1. The first kappa shape index (κ1) is 16.0. The van der Waals surface area contributed by atoms with Crippen molar-refractivity contribution in [2.75, 3.05) is 5.32 Å². The van der Waals surface area contributed by atoms with E-state index in [1.165, 1.54) is 0 Å². The molecule has 0 saturated carbocycles. The maximum atomic E-state index is 11.7. The summed E-state index contributed by atoms with van der Waals surface area (Å²) < 4.78 is 1.03. The minimum absolute atomic E-state index is 0.00301. The molecule has 1 aromatic carbocycles. The first-order chi connectivity index (χ1) is 10.0. The van der Waals surface area contributed by atoms with Crippen LogP contribution in [0.5, 0.6) is 0 Å². The van der Waals surface area contributed by atoms with Crippen molar-refractivity contribution < 1.29 is 4.79 Å². The van der Waals surface area contributed by atoms with Crippen molar-refractivity contribution in [2.24, 2.45) is 5.73 Å². The van der Waals surface area contributed by atoms with Gasteiger partial charge in [0.05, 0.1) is 0 Å². The zero-order chi connectivity index (χ0) is 15.2. The third-order valence-corrected chi connectivity index (χ3v) is 4.83. The van der Waals surface area contributed by atoms with Crippen molar-refractivity contribution in [3.8, 4) is 0 Å². The molecule has 2 rings (SSSR count). The number of hydrogen-bond acceptors (Lipinski definition) is 5. The van der Waals surface area contributed by atoms with Crippen LogP contribution >= 0.6 is 23.1 Å². The highest BCUT2D eigenvalue weighted by molar-refractivity contribution is 8.01. The zero-order valence-corrected chi connectivity index (χ0v) is 13.8. The molecule has 0 saturated heterocycles. The normalized spacial score (nSPS) is 12.1. The van der Waals surface area contributed by atoms with Gasteiger partial charge in [-0.3, -0.25) is 4.79 Å². The molecule has 2 aromatic rings. The number of rotatable bonds is 6. The second kappa shape index (κ2) is 7.59. The summed E-state index contributed by atoms with van der Waals surface area (Å²) in [6.07, 6.45) is 1.15. The molecule has 0 bridgehead atoms. The summed E-state index contributed by atoms with van der Waals surface area (Å²) in [5.41, 5.74) is 7.49. The lowest BCUT2D eigenvalue weighted by atomic mass is 10.2. The topological polar surface area (TPSA) is 68.0 Å². The van der Waals surface area contributed by atoms with Gasteiger partial charge in [-0.05, 0) is 44.5 Å². The van der Waals surface area contributed by atoms with E-state index in [1.54, 1.807) is 23.1 Å². The quantitative estimate of drug-likeness (QED) is 0.852. The smallest absolute Gasteiger partial charge is 0.224 e. The summed E-state index contributed by atoms with van der Waals surface area (Å²) >= 11 is 3.27. The first-order valence-corrected chi connectivity index (χ1v) is 8.48. The van der Waals surface area contributed by atoms with Crippen LogP contribution in [-0.4, -0.2) is 16.9 Å². The summed E-state index contributed by atoms with van der Waals surface area (Å²) in [6, 6.07) is 7.85. The van der Waals surface area contributed by atoms with Gasteiger partial charge in [-0.2, -0.15) is 0 Å². The van der Waals surface area contributed by atoms with E-state index >= 15 is 0 Å². The van der Waals surface area contributed by atoms with Gasteiger partial charge in [-0.25, -0.2) is 4.98 Å². The average Bonchev–Trinajstić information content (AvgIpc) is 2.84. The van der Waals surface area contributed by atoms with Gasteiger partial charge >= 0.3 is 0 Å². The number of anilines is 1. The van der Waals surface area contributed by atoms with Crippen LogP contribution < -0.4 is 11.1 Å². The molecule has 0 aliphatic carbocycles. The number of aryl methyl sites for hydroxylation is 1. The number of carbonyl (C=O) groups is 1. The Morgan fingerprint density at radius 1 is 1.43 bits per heavy atom. The molecule has 0 radical (unpaired) electrons. The van der Waals surface area contributed by atoms with E-state index < -0.39 is 0 Å². The van der Waals surface area contributed by atoms with Gasteiger partial charge in [0.1, 0.15) is 0 Å². The lowest BCUT2D eigenvalue weighted by Gasteiger charge is -2.07. The molecule has 21 heavy (non-hydrogen) atoms. The SMILES string of the molecule is Cc1csc(Sc2ccc(NC(=O)CCC(C)N)cc2)n1. The second-order valence-electron chi connectivity index (χ2n) is 4.95. The lowest BCUT2D eigenvalue weighted by Crippen LogP contribution is -2.19. The van der Waals surface area contributed by atoms with Crippen LogP contribution in [0.3, 0.4) is 0 Å². The number of carbonyl (C=O) groups excluding carboxylic acids is 1. The molecule has 112 valence electrons. The van der Waals surface area contributed by atoms with E-state index in [0.717, 1.165) is 20.6 Å². The maximum absolute atomic E-state index is 11.7. The van der Waals surface area contributed by atoms with Gasteiger partial charge in [0, 0.05) is 34.1 Å². The highest BCUT2D eigenvalue weighted by Gasteiger charge is 2.05. The Balaban J connectivity index is 1.88. The monoisotopic (exact) mass is 321 g/mol. The largest absolute Gasteiger partial charge is 0.328 e. The predicted molar refractivity (Wildman–Crippen MR) is 88.9 cm³/mol. The third-order valence-electron chi connectivity index (χ3n) is 2.77. The Kier molecular flexibility index (Phi) is 5.78. The number of nitrogens with zero attached hydrogens (tertiary/aromatic N) is 1. The lowest BCUT2D eigenvalue weighted by molar-refractivity contribution is -0.116. The Bertz CT molecular complexity index is 593. The molecule has 0 aliphatic heterocycles. The van der Waals surface area contributed by atoms with Crippen molar-refractivity contribution in [3.63, 3.8) is 0 Å². The standard InChI is InChI=1S/C15H19N3OS2/c1-10(16)3-8-14(19)18-12-4-6-13(7-5-12)21-15-17-11(2)9-20-15/h4-7,9-10H,3,8,16H2,1-2H3,(H,18,19). The van der Waals surface area contributed by atoms with Crippen molar-refractivity contribution in [1.82, 2.24) is 4.98 Å². The Hall–Kier alpha value is -1.37. The number of benzene rings is 1. The van der Waals surface area contributed by atoms with Crippen molar-refractivity contribution >= 4 is 34.7 Å². The number of thiazole rings is 1. The molecule has 6 heteroatoms. The number of amides is 1. The summed E-state index contributed by atoms with van der Waals surface area (Å²) in [7, 11) is 0. The van der Waals surface area contributed by atoms with Crippen LogP contribution in [0.25, 0.3) is 0 Å².